The van der Waals surface area contributed by atoms with E-state index in [2.05, 4.69) is 0 Å². The van der Waals surface area contributed by atoms with Gasteiger partial charge in [0.05, 0.1) is 6.61 Å². The van der Waals surface area contributed by atoms with E-state index in [1.807, 2.05) is 54.6 Å². The van der Waals surface area contributed by atoms with Gasteiger partial charge in [-0.2, -0.15) is 0 Å². The molecule has 0 saturated carbocycles. The number of benzene rings is 2. The molecular formula is C16H16O3. The van der Waals surface area contributed by atoms with Gasteiger partial charge in [-0.15, -0.1) is 0 Å². The molecule has 0 amide bonds. The molecule has 0 spiro atoms. The van der Waals surface area contributed by atoms with Crippen molar-refractivity contribution < 1.29 is 14.6 Å². The number of aliphatic hydroxyl groups excluding tert-OH is 1. The zero-order chi connectivity index (χ0) is 13.1. The van der Waals surface area contributed by atoms with Gasteiger partial charge in [0, 0.05) is 5.56 Å². The van der Waals surface area contributed by atoms with E-state index >= 15 is 0 Å². The molecule has 0 fully saturated rings. The number of fused-ring (bicyclic) bond motifs is 1. The van der Waals surface area contributed by atoms with E-state index in [1.54, 1.807) is 0 Å². The second kappa shape index (κ2) is 5.43. The van der Waals surface area contributed by atoms with Gasteiger partial charge in [0.15, 0.2) is 0 Å². The molecule has 0 aliphatic carbocycles. The topological polar surface area (TPSA) is 38.7 Å². The fourth-order valence-electron chi connectivity index (χ4n) is 2.24. The van der Waals surface area contributed by atoms with Gasteiger partial charge in [0.2, 0.25) is 0 Å². The predicted molar refractivity (Wildman–Crippen MR) is 71.9 cm³/mol. The molecule has 3 heteroatoms. The monoisotopic (exact) mass is 256 g/mol. The third-order valence-corrected chi connectivity index (χ3v) is 3.30. The first-order chi connectivity index (χ1) is 9.34. The lowest BCUT2D eigenvalue weighted by Crippen LogP contribution is -2.33. The van der Waals surface area contributed by atoms with Crippen molar-refractivity contribution in [1.29, 1.82) is 0 Å². The van der Waals surface area contributed by atoms with E-state index in [4.69, 9.17) is 9.47 Å². The maximum absolute atomic E-state index is 10.3. The van der Waals surface area contributed by atoms with Gasteiger partial charge in [-0.05, 0) is 11.6 Å². The lowest BCUT2D eigenvalue weighted by molar-refractivity contribution is -0.0793. The summed E-state index contributed by atoms with van der Waals surface area (Å²) in [5.41, 5.74) is 1.89. The molecule has 1 N–H and O–H groups in total. The van der Waals surface area contributed by atoms with Gasteiger partial charge >= 0.3 is 0 Å². The Hall–Kier alpha value is -1.84. The highest BCUT2D eigenvalue weighted by atomic mass is 16.5. The Kier molecular flexibility index (Phi) is 3.49. The van der Waals surface area contributed by atoms with Gasteiger partial charge < -0.3 is 14.6 Å². The van der Waals surface area contributed by atoms with Crippen molar-refractivity contribution >= 4 is 0 Å². The summed E-state index contributed by atoms with van der Waals surface area (Å²) < 4.78 is 11.4. The van der Waals surface area contributed by atoms with Gasteiger partial charge in [-0.25, -0.2) is 0 Å². The van der Waals surface area contributed by atoms with Crippen molar-refractivity contribution in [3.8, 4) is 5.75 Å². The van der Waals surface area contributed by atoms with Crippen LogP contribution in [0.2, 0.25) is 0 Å². The fourth-order valence-corrected chi connectivity index (χ4v) is 2.24. The van der Waals surface area contributed by atoms with Gasteiger partial charge in [-0.3, -0.25) is 0 Å². The van der Waals surface area contributed by atoms with Crippen LogP contribution in [0.15, 0.2) is 54.6 Å². The molecule has 3 nitrogen and oxygen atoms in total. The van der Waals surface area contributed by atoms with Crippen LogP contribution in [0.5, 0.6) is 5.75 Å². The predicted octanol–water partition coefficient (Wildman–Crippen LogP) is 2.70. The van der Waals surface area contributed by atoms with Crippen molar-refractivity contribution in [1.82, 2.24) is 0 Å². The standard InChI is InChI=1S/C16H16O3/c17-16-13-8-4-5-9-14(13)19-11-15(16)18-10-12-6-2-1-3-7-12/h1-9,15-17H,10-11H2. The molecule has 19 heavy (non-hydrogen) atoms. The fraction of sp³-hybridized carbons (Fsp3) is 0.250. The van der Waals surface area contributed by atoms with E-state index in [-0.39, 0.29) is 6.10 Å². The SMILES string of the molecule is OC1c2ccccc2OCC1OCc1ccccc1. The first-order valence-electron chi connectivity index (χ1n) is 6.40. The number of hydrogen-bond donors (Lipinski definition) is 1. The zero-order valence-electron chi connectivity index (χ0n) is 10.5. The number of ether oxygens (including phenoxy) is 2. The maximum atomic E-state index is 10.3. The summed E-state index contributed by atoms with van der Waals surface area (Å²) in [7, 11) is 0. The third-order valence-electron chi connectivity index (χ3n) is 3.30. The van der Waals surface area contributed by atoms with Crippen molar-refractivity contribution in [2.75, 3.05) is 6.61 Å². The summed E-state index contributed by atoms with van der Waals surface area (Å²) in [4.78, 5) is 0. The van der Waals surface area contributed by atoms with Gasteiger partial charge in [0.25, 0.3) is 0 Å². The Bertz CT molecular complexity index is 539. The van der Waals surface area contributed by atoms with Gasteiger partial charge in [-0.1, -0.05) is 48.5 Å². The molecule has 0 bridgehead atoms. The van der Waals surface area contributed by atoms with E-state index in [1.165, 1.54) is 0 Å². The maximum Gasteiger partial charge on any atom is 0.125 e. The summed E-state index contributed by atoms with van der Waals surface area (Å²) in [5, 5.41) is 10.3. The third kappa shape index (κ3) is 2.62. The molecule has 2 unspecified atom stereocenters. The molecule has 0 saturated heterocycles. The summed E-state index contributed by atoms with van der Waals surface area (Å²) >= 11 is 0. The molecular weight excluding hydrogens is 240 g/mol. The quantitative estimate of drug-likeness (QED) is 0.917. The van der Waals surface area contributed by atoms with E-state index in [0.29, 0.717) is 13.2 Å². The molecule has 2 aromatic rings. The van der Waals surface area contributed by atoms with E-state index < -0.39 is 6.10 Å². The minimum atomic E-state index is -0.631. The minimum Gasteiger partial charge on any atom is -0.490 e. The number of rotatable bonds is 3. The van der Waals surface area contributed by atoms with E-state index in [0.717, 1.165) is 16.9 Å². The van der Waals surface area contributed by atoms with Crippen LogP contribution in [0.1, 0.15) is 17.2 Å². The van der Waals surface area contributed by atoms with Crippen LogP contribution < -0.4 is 4.74 Å². The lowest BCUT2D eigenvalue weighted by Gasteiger charge is -2.30. The van der Waals surface area contributed by atoms with Crippen LogP contribution >= 0.6 is 0 Å². The Morgan fingerprint density at radius 3 is 2.63 bits per heavy atom. The van der Waals surface area contributed by atoms with Crippen molar-refractivity contribution in [2.24, 2.45) is 0 Å². The van der Waals surface area contributed by atoms with Crippen molar-refractivity contribution in [2.45, 2.75) is 18.8 Å². The molecule has 1 heterocycles. The number of hydrogen-bond acceptors (Lipinski definition) is 3. The zero-order valence-corrected chi connectivity index (χ0v) is 10.5. The van der Waals surface area contributed by atoms with Crippen LogP contribution in [0.4, 0.5) is 0 Å². The second-order valence-electron chi connectivity index (χ2n) is 4.63. The highest BCUT2D eigenvalue weighted by Crippen LogP contribution is 2.33. The van der Waals surface area contributed by atoms with Gasteiger partial charge in [0.1, 0.15) is 24.6 Å². The average Bonchev–Trinajstić information content (AvgIpc) is 2.48. The van der Waals surface area contributed by atoms with Crippen molar-refractivity contribution in [3.63, 3.8) is 0 Å². The number of para-hydroxylation sites is 1. The Balaban J connectivity index is 1.68. The summed E-state index contributed by atoms with van der Waals surface area (Å²) in [6.45, 7) is 0.860. The Labute approximate surface area is 112 Å². The molecule has 1 aliphatic heterocycles. The van der Waals surface area contributed by atoms with Crippen LogP contribution in [-0.4, -0.2) is 17.8 Å². The van der Waals surface area contributed by atoms with Crippen LogP contribution in [0.3, 0.4) is 0 Å². The highest BCUT2D eigenvalue weighted by Gasteiger charge is 2.29. The van der Waals surface area contributed by atoms with Crippen LogP contribution in [0, 0.1) is 0 Å². The largest absolute Gasteiger partial charge is 0.490 e. The van der Waals surface area contributed by atoms with Crippen LogP contribution in [0.25, 0.3) is 0 Å². The van der Waals surface area contributed by atoms with Crippen molar-refractivity contribution in [3.05, 3.63) is 65.7 Å². The summed E-state index contributed by atoms with van der Waals surface area (Å²) in [6.07, 6.45) is -0.955. The first-order valence-corrected chi connectivity index (χ1v) is 6.40. The molecule has 0 aromatic heterocycles. The minimum absolute atomic E-state index is 0.324. The Morgan fingerprint density at radius 2 is 1.79 bits per heavy atom. The molecule has 98 valence electrons. The normalized spacial score (nSPS) is 21.5. The summed E-state index contributed by atoms with van der Waals surface area (Å²) in [5.74, 6) is 0.745. The van der Waals surface area contributed by atoms with Crippen LogP contribution in [-0.2, 0) is 11.3 Å². The summed E-state index contributed by atoms with van der Waals surface area (Å²) in [6, 6.07) is 17.5. The van der Waals surface area contributed by atoms with E-state index in [9.17, 15) is 5.11 Å². The molecule has 1 aliphatic rings. The molecule has 3 rings (SSSR count). The molecule has 2 aromatic carbocycles. The smallest absolute Gasteiger partial charge is 0.125 e. The first kappa shape index (κ1) is 12.2. The second-order valence-corrected chi connectivity index (χ2v) is 4.63. The molecule has 2 atom stereocenters. The Morgan fingerprint density at radius 1 is 1.05 bits per heavy atom. The average molecular weight is 256 g/mol. The number of aliphatic hydroxyl groups is 1. The molecule has 0 radical (unpaired) electrons. The highest BCUT2D eigenvalue weighted by molar-refractivity contribution is 5.37. The lowest BCUT2D eigenvalue weighted by atomic mass is 10.0.